The molecule has 1 aliphatic carbocycles. The van der Waals surface area contributed by atoms with E-state index in [-0.39, 0.29) is 23.8 Å². The third-order valence-corrected chi connectivity index (χ3v) is 5.34. The fourth-order valence-corrected chi connectivity index (χ4v) is 3.78. The van der Waals surface area contributed by atoms with Crippen LogP contribution in [-0.2, 0) is 15.8 Å². The molecule has 0 bridgehead atoms. The summed E-state index contributed by atoms with van der Waals surface area (Å²) < 4.78 is 38.5. The van der Waals surface area contributed by atoms with E-state index in [4.69, 9.17) is 0 Å². The van der Waals surface area contributed by atoms with Gasteiger partial charge in [0.2, 0.25) is 5.91 Å². The number of piperidine rings is 1. The van der Waals surface area contributed by atoms with Gasteiger partial charge in [0.1, 0.15) is 0 Å². The fourth-order valence-electron chi connectivity index (χ4n) is 3.78. The molecule has 4 nitrogen and oxygen atoms in total. The standard InChI is InChI=1S/C18H20F3NO3/c1-10-13(17(24)25)6-3-7-22(10)16(23)15-9-14(15)11-4-2-5-12(8-11)18(19,20)21/h2,4-5,8,10,13-15H,3,6-7,9H2,1H3,(H,24,25)/t10-,13-,14?,15?/m1/s1. The molecule has 2 aliphatic rings. The van der Waals surface area contributed by atoms with Gasteiger partial charge in [0.15, 0.2) is 0 Å². The molecule has 1 heterocycles. The number of amides is 1. The number of rotatable bonds is 3. The molecular formula is C18H20F3NO3. The van der Waals surface area contributed by atoms with Crippen LogP contribution in [0.1, 0.15) is 43.2 Å². The number of halogens is 3. The normalized spacial score (nSPS) is 29.4. The number of carbonyl (C=O) groups is 2. The first-order chi connectivity index (χ1) is 11.7. The summed E-state index contributed by atoms with van der Waals surface area (Å²) in [6, 6.07) is 4.72. The van der Waals surface area contributed by atoms with Crippen LogP contribution in [0.25, 0.3) is 0 Å². The molecule has 1 aliphatic heterocycles. The number of carboxylic acid groups (broad SMARTS) is 1. The number of likely N-dealkylation sites (tertiary alicyclic amines) is 1. The zero-order valence-corrected chi connectivity index (χ0v) is 13.8. The first-order valence-electron chi connectivity index (χ1n) is 8.40. The van der Waals surface area contributed by atoms with Gasteiger partial charge in [0, 0.05) is 18.5 Å². The Labute approximate surface area is 143 Å². The molecule has 2 fully saturated rings. The van der Waals surface area contributed by atoms with Crippen LogP contribution in [0.2, 0.25) is 0 Å². The van der Waals surface area contributed by atoms with Gasteiger partial charge in [-0.1, -0.05) is 18.2 Å². The first kappa shape index (κ1) is 17.8. The van der Waals surface area contributed by atoms with E-state index in [9.17, 15) is 27.9 Å². The van der Waals surface area contributed by atoms with Crippen LogP contribution in [0.5, 0.6) is 0 Å². The molecule has 1 N–H and O–H groups in total. The number of benzene rings is 1. The number of carboxylic acids is 1. The second-order valence-corrected chi connectivity index (χ2v) is 6.93. The SMILES string of the molecule is C[C@@H]1[C@H](C(=O)O)CCCN1C(=O)C1CC1c1cccc(C(F)(F)F)c1. The Morgan fingerprint density at radius 3 is 2.60 bits per heavy atom. The molecule has 1 aromatic carbocycles. The van der Waals surface area contributed by atoms with Gasteiger partial charge in [-0.2, -0.15) is 13.2 Å². The predicted molar refractivity (Wildman–Crippen MR) is 83.8 cm³/mol. The first-order valence-corrected chi connectivity index (χ1v) is 8.40. The number of carbonyl (C=O) groups excluding carboxylic acids is 1. The Morgan fingerprint density at radius 1 is 1.24 bits per heavy atom. The Morgan fingerprint density at radius 2 is 1.96 bits per heavy atom. The Balaban J connectivity index is 1.71. The van der Waals surface area contributed by atoms with Crippen molar-refractivity contribution in [2.45, 2.75) is 44.3 Å². The van der Waals surface area contributed by atoms with Crippen molar-refractivity contribution in [2.75, 3.05) is 6.54 Å². The molecule has 0 spiro atoms. The molecule has 4 atom stereocenters. The van der Waals surface area contributed by atoms with Crippen molar-refractivity contribution in [1.82, 2.24) is 4.90 Å². The molecule has 1 amide bonds. The van der Waals surface area contributed by atoms with Crippen molar-refractivity contribution >= 4 is 11.9 Å². The number of hydrogen-bond acceptors (Lipinski definition) is 2. The highest BCUT2D eigenvalue weighted by atomic mass is 19.4. The topological polar surface area (TPSA) is 57.6 Å². The zero-order chi connectivity index (χ0) is 18.4. The maximum atomic E-state index is 12.8. The fraction of sp³-hybridized carbons (Fsp3) is 0.556. The van der Waals surface area contributed by atoms with Crippen molar-refractivity contribution in [3.8, 4) is 0 Å². The second-order valence-electron chi connectivity index (χ2n) is 6.93. The second kappa shape index (κ2) is 6.35. The largest absolute Gasteiger partial charge is 0.481 e. The molecule has 1 saturated heterocycles. The smallest absolute Gasteiger partial charge is 0.416 e. The third-order valence-electron chi connectivity index (χ3n) is 5.34. The van der Waals surface area contributed by atoms with Gasteiger partial charge < -0.3 is 10.0 Å². The molecule has 1 saturated carbocycles. The van der Waals surface area contributed by atoms with Crippen LogP contribution < -0.4 is 0 Å². The number of aliphatic carboxylic acids is 1. The minimum absolute atomic E-state index is 0.138. The van der Waals surface area contributed by atoms with Crippen molar-refractivity contribution in [1.29, 1.82) is 0 Å². The number of nitrogens with zero attached hydrogens (tertiary/aromatic N) is 1. The molecule has 136 valence electrons. The minimum Gasteiger partial charge on any atom is -0.481 e. The van der Waals surface area contributed by atoms with Crippen LogP contribution >= 0.6 is 0 Å². The lowest BCUT2D eigenvalue weighted by Gasteiger charge is -2.37. The van der Waals surface area contributed by atoms with Crippen molar-refractivity contribution in [3.63, 3.8) is 0 Å². The summed E-state index contributed by atoms with van der Waals surface area (Å²) in [4.78, 5) is 25.6. The summed E-state index contributed by atoms with van der Waals surface area (Å²) in [6.45, 7) is 2.24. The third kappa shape index (κ3) is 3.50. The molecule has 1 aromatic rings. The average molecular weight is 355 g/mol. The van der Waals surface area contributed by atoms with Crippen LogP contribution in [0.15, 0.2) is 24.3 Å². The lowest BCUT2D eigenvalue weighted by atomic mass is 9.90. The van der Waals surface area contributed by atoms with E-state index in [1.54, 1.807) is 17.9 Å². The van der Waals surface area contributed by atoms with Crippen LogP contribution in [0.4, 0.5) is 13.2 Å². The maximum Gasteiger partial charge on any atom is 0.416 e. The molecule has 0 aromatic heterocycles. The Kier molecular flexibility index (Phi) is 4.51. The summed E-state index contributed by atoms with van der Waals surface area (Å²) in [5.74, 6) is -2.19. The van der Waals surface area contributed by atoms with E-state index in [0.717, 1.165) is 12.1 Å². The van der Waals surface area contributed by atoms with E-state index in [1.165, 1.54) is 6.07 Å². The average Bonchev–Trinajstić information content (AvgIpc) is 3.34. The van der Waals surface area contributed by atoms with Gasteiger partial charge in [-0.25, -0.2) is 0 Å². The molecule has 3 rings (SSSR count). The predicted octanol–water partition coefficient (Wildman–Crippen LogP) is 3.52. The van der Waals surface area contributed by atoms with Crippen LogP contribution in [0, 0.1) is 11.8 Å². The highest BCUT2D eigenvalue weighted by Gasteiger charge is 2.48. The van der Waals surface area contributed by atoms with E-state index >= 15 is 0 Å². The molecular weight excluding hydrogens is 335 g/mol. The van der Waals surface area contributed by atoms with Gasteiger partial charge in [-0.15, -0.1) is 0 Å². The Bertz CT molecular complexity index is 688. The van der Waals surface area contributed by atoms with Crippen molar-refractivity contribution < 1.29 is 27.9 Å². The molecule has 0 radical (unpaired) electrons. The van der Waals surface area contributed by atoms with Gasteiger partial charge in [-0.3, -0.25) is 9.59 Å². The summed E-state index contributed by atoms with van der Waals surface area (Å²) in [6.07, 6.45) is -2.71. The molecule has 2 unspecified atom stereocenters. The van der Waals surface area contributed by atoms with E-state index in [0.29, 0.717) is 31.4 Å². The Hall–Kier alpha value is -2.05. The number of alkyl halides is 3. The lowest BCUT2D eigenvalue weighted by molar-refractivity contribution is -0.149. The minimum atomic E-state index is -4.40. The number of hydrogen-bond donors (Lipinski definition) is 1. The van der Waals surface area contributed by atoms with Crippen LogP contribution in [-0.4, -0.2) is 34.5 Å². The van der Waals surface area contributed by atoms with Gasteiger partial charge in [0.25, 0.3) is 0 Å². The van der Waals surface area contributed by atoms with E-state index in [1.807, 2.05) is 0 Å². The van der Waals surface area contributed by atoms with E-state index < -0.39 is 23.6 Å². The quantitative estimate of drug-likeness (QED) is 0.903. The van der Waals surface area contributed by atoms with Crippen molar-refractivity contribution in [2.24, 2.45) is 11.8 Å². The summed E-state index contributed by atoms with van der Waals surface area (Å²) in [7, 11) is 0. The molecule has 7 heteroatoms. The van der Waals surface area contributed by atoms with Gasteiger partial charge in [0.05, 0.1) is 11.5 Å². The lowest BCUT2D eigenvalue weighted by Crippen LogP contribution is -2.49. The zero-order valence-electron chi connectivity index (χ0n) is 13.8. The van der Waals surface area contributed by atoms with Gasteiger partial charge in [-0.05, 0) is 43.7 Å². The highest BCUT2D eigenvalue weighted by molar-refractivity contribution is 5.84. The van der Waals surface area contributed by atoms with Gasteiger partial charge >= 0.3 is 12.1 Å². The summed E-state index contributed by atoms with van der Waals surface area (Å²) >= 11 is 0. The van der Waals surface area contributed by atoms with Crippen molar-refractivity contribution in [3.05, 3.63) is 35.4 Å². The maximum absolute atomic E-state index is 12.8. The summed E-state index contributed by atoms with van der Waals surface area (Å²) in [5.41, 5.74) is -0.187. The van der Waals surface area contributed by atoms with Crippen LogP contribution in [0.3, 0.4) is 0 Å². The monoisotopic (exact) mass is 355 g/mol. The molecule has 25 heavy (non-hydrogen) atoms. The summed E-state index contributed by atoms with van der Waals surface area (Å²) in [5, 5.41) is 9.25. The van der Waals surface area contributed by atoms with E-state index in [2.05, 4.69) is 0 Å². The highest BCUT2D eigenvalue weighted by Crippen LogP contribution is 2.50.